The molecule has 4 nitrogen and oxygen atoms in total. The molecule has 1 heterocycles. The van der Waals surface area contributed by atoms with Gasteiger partial charge in [0.05, 0.1) is 13.2 Å². The Morgan fingerprint density at radius 3 is 2.86 bits per heavy atom. The molecule has 2 atom stereocenters. The lowest BCUT2D eigenvalue weighted by Gasteiger charge is -2.31. The van der Waals surface area contributed by atoms with Crippen molar-refractivity contribution < 1.29 is 9.84 Å². The van der Waals surface area contributed by atoms with Crippen molar-refractivity contribution in [2.45, 2.75) is 25.0 Å². The Hall–Kier alpha value is -0.620. The first-order valence-electron chi connectivity index (χ1n) is 7.40. The van der Waals surface area contributed by atoms with Crippen LogP contribution in [0.3, 0.4) is 0 Å². The maximum Gasteiger partial charge on any atom is 0.122 e. The Morgan fingerprint density at radius 2 is 2.14 bits per heavy atom. The van der Waals surface area contributed by atoms with Crippen LogP contribution in [0.25, 0.3) is 0 Å². The highest BCUT2D eigenvalue weighted by Gasteiger charge is 2.27. The quantitative estimate of drug-likeness (QED) is 0.894. The normalized spacial score (nSPS) is 22.8. The second kappa shape index (κ2) is 7.58. The van der Waals surface area contributed by atoms with E-state index in [0.29, 0.717) is 6.42 Å². The third-order valence-corrected chi connectivity index (χ3v) is 4.72. The van der Waals surface area contributed by atoms with E-state index in [1.165, 1.54) is 0 Å². The monoisotopic (exact) mass is 356 g/mol. The van der Waals surface area contributed by atoms with Crippen LogP contribution < -0.4 is 4.74 Å². The van der Waals surface area contributed by atoms with Gasteiger partial charge in [0.1, 0.15) is 5.75 Å². The molecular weight excluding hydrogens is 332 g/mol. The molecule has 2 unspecified atom stereocenters. The van der Waals surface area contributed by atoms with Gasteiger partial charge in [0, 0.05) is 23.5 Å². The standard InChI is InChI=1S/C16H25BrN2O2/c1-18-7-4-8-19(2)14(11-18)15(20)10-12-9-13(17)5-6-16(12)21-3/h5-6,9,14-15,20H,4,7-8,10-11H2,1-3H3. The summed E-state index contributed by atoms with van der Waals surface area (Å²) in [5, 5.41) is 10.7. The number of hydrogen-bond donors (Lipinski definition) is 1. The summed E-state index contributed by atoms with van der Waals surface area (Å²) in [7, 11) is 5.90. The van der Waals surface area contributed by atoms with Crippen LogP contribution in [0.15, 0.2) is 22.7 Å². The number of aliphatic hydroxyl groups is 1. The average molecular weight is 357 g/mol. The minimum absolute atomic E-state index is 0.154. The number of methoxy groups -OCH3 is 1. The molecule has 118 valence electrons. The Morgan fingerprint density at radius 1 is 1.38 bits per heavy atom. The lowest BCUT2D eigenvalue weighted by molar-refractivity contribution is 0.0577. The average Bonchev–Trinajstić information content (AvgIpc) is 2.60. The number of nitrogens with zero attached hydrogens (tertiary/aromatic N) is 2. The van der Waals surface area contributed by atoms with Crippen LogP contribution in [-0.4, -0.2) is 67.9 Å². The largest absolute Gasteiger partial charge is 0.496 e. The third-order valence-electron chi connectivity index (χ3n) is 4.23. The van der Waals surface area contributed by atoms with Crippen molar-refractivity contribution in [1.29, 1.82) is 0 Å². The maximum atomic E-state index is 10.7. The van der Waals surface area contributed by atoms with Crippen molar-refractivity contribution in [3.63, 3.8) is 0 Å². The third kappa shape index (κ3) is 4.42. The summed E-state index contributed by atoms with van der Waals surface area (Å²) in [6, 6.07) is 6.08. The molecule has 0 amide bonds. The SMILES string of the molecule is COc1ccc(Br)cc1CC(O)C1CN(C)CCCN1C. The molecule has 1 aliphatic rings. The van der Waals surface area contributed by atoms with Gasteiger partial charge in [0.15, 0.2) is 0 Å². The highest BCUT2D eigenvalue weighted by Crippen LogP contribution is 2.25. The van der Waals surface area contributed by atoms with Crippen LogP contribution in [0.2, 0.25) is 0 Å². The molecule has 1 saturated heterocycles. The topological polar surface area (TPSA) is 35.9 Å². The minimum atomic E-state index is -0.404. The van der Waals surface area contributed by atoms with Gasteiger partial charge in [-0.2, -0.15) is 0 Å². The predicted molar refractivity (Wildman–Crippen MR) is 88.9 cm³/mol. The van der Waals surface area contributed by atoms with Crippen molar-refractivity contribution in [3.8, 4) is 5.75 Å². The molecule has 1 aliphatic heterocycles. The first kappa shape index (κ1) is 16.7. The summed E-state index contributed by atoms with van der Waals surface area (Å²) >= 11 is 3.49. The van der Waals surface area contributed by atoms with Crippen LogP contribution in [0, 0.1) is 0 Å². The fourth-order valence-electron chi connectivity index (χ4n) is 2.99. The van der Waals surface area contributed by atoms with E-state index in [0.717, 1.165) is 41.8 Å². The van der Waals surface area contributed by atoms with Crippen molar-refractivity contribution in [1.82, 2.24) is 9.80 Å². The second-order valence-electron chi connectivity index (χ2n) is 5.89. The van der Waals surface area contributed by atoms with Gasteiger partial charge in [-0.05, 0) is 57.4 Å². The van der Waals surface area contributed by atoms with Crippen LogP contribution in [-0.2, 0) is 6.42 Å². The number of hydrogen-bond acceptors (Lipinski definition) is 4. The first-order chi connectivity index (χ1) is 10.0. The van der Waals surface area contributed by atoms with E-state index in [-0.39, 0.29) is 6.04 Å². The molecule has 0 saturated carbocycles. The van der Waals surface area contributed by atoms with Gasteiger partial charge in [-0.25, -0.2) is 0 Å². The van der Waals surface area contributed by atoms with Gasteiger partial charge in [-0.15, -0.1) is 0 Å². The highest BCUT2D eigenvalue weighted by molar-refractivity contribution is 9.10. The Labute approximate surface area is 135 Å². The number of ether oxygens (including phenoxy) is 1. The summed E-state index contributed by atoms with van der Waals surface area (Å²) in [6.45, 7) is 3.02. The van der Waals surface area contributed by atoms with Gasteiger partial charge in [0.2, 0.25) is 0 Å². The number of aliphatic hydroxyl groups excluding tert-OH is 1. The molecule has 0 bridgehead atoms. The van der Waals surface area contributed by atoms with Crippen LogP contribution in [0.1, 0.15) is 12.0 Å². The van der Waals surface area contributed by atoms with E-state index in [9.17, 15) is 5.11 Å². The molecule has 2 rings (SSSR count). The van der Waals surface area contributed by atoms with Gasteiger partial charge in [-0.3, -0.25) is 4.90 Å². The molecule has 5 heteroatoms. The van der Waals surface area contributed by atoms with Crippen LogP contribution >= 0.6 is 15.9 Å². The Balaban J connectivity index is 2.12. The molecule has 0 aliphatic carbocycles. The molecule has 21 heavy (non-hydrogen) atoms. The smallest absolute Gasteiger partial charge is 0.122 e. The summed E-state index contributed by atoms with van der Waals surface area (Å²) < 4.78 is 6.42. The number of halogens is 1. The fourth-order valence-corrected chi connectivity index (χ4v) is 3.40. The molecular formula is C16H25BrN2O2. The molecule has 1 N–H and O–H groups in total. The van der Waals surface area contributed by atoms with E-state index < -0.39 is 6.10 Å². The molecule has 1 aromatic carbocycles. The lowest BCUT2D eigenvalue weighted by atomic mass is 10.00. The van der Waals surface area contributed by atoms with Crippen molar-refractivity contribution in [2.24, 2.45) is 0 Å². The minimum Gasteiger partial charge on any atom is -0.496 e. The van der Waals surface area contributed by atoms with E-state index in [1.807, 2.05) is 18.2 Å². The zero-order valence-electron chi connectivity index (χ0n) is 13.1. The summed E-state index contributed by atoms with van der Waals surface area (Å²) in [5.41, 5.74) is 1.04. The maximum absolute atomic E-state index is 10.7. The van der Waals surface area contributed by atoms with Gasteiger partial charge in [-0.1, -0.05) is 15.9 Å². The van der Waals surface area contributed by atoms with E-state index in [1.54, 1.807) is 7.11 Å². The molecule has 0 spiro atoms. The van der Waals surface area contributed by atoms with Crippen molar-refractivity contribution in [3.05, 3.63) is 28.2 Å². The van der Waals surface area contributed by atoms with Crippen LogP contribution in [0.5, 0.6) is 5.75 Å². The van der Waals surface area contributed by atoms with Gasteiger partial charge in [0.25, 0.3) is 0 Å². The van der Waals surface area contributed by atoms with Gasteiger partial charge < -0.3 is 14.7 Å². The zero-order valence-corrected chi connectivity index (χ0v) is 14.6. The first-order valence-corrected chi connectivity index (χ1v) is 8.20. The molecule has 1 aromatic rings. The van der Waals surface area contributed by atoms with Crippen molar-refractivity contribution in [2.75, 3.05) is 40.8 Å². The molecule has 1 fully saturated rings. The summed E-state index contributed by atoms with van der Waals surface area (Å²) in [5.74, 6) is 0.835. The molecule has 0 aromatic heterocycles. The fraction of sp³-hybridized carbons (Fsp3) is 0.625. The predicted octanol–water partition coefficient (Wildman–Crippen LogP) is 2.00. The Bertz CT molecular complexity index is 470. The second-order valence-corrected chi connectivity index (χ2v) is 6.81. The zero-order chi connectivity index (χ0) is 15.4. The Kier molecular flexibility index (Phi) is 6.05. The van der Waals surface area contributed by atoms with E-state index >= 15 is 0 Å². The molecule has 0 radical (unpaired) electrons. The van der Waals surface area contributed by atoms with Gasteiger partial charge >= 0.3 is 0 Å². The van der Waals surface area contributed by atoms with E-state index in [2.05, 4.69) is 39.8 Å². The van der Waals surface area contributed by atoms with E-state index in [4.69, 9.17) is 4.74 Å². The summed E-state index contributed by atoms with van der Waals surface area (Å²) in [4.78, 5) is 4.58. The van der Waals surface area contributed by atoms with Crippen molar-refractivity contribution >= 4 is 15.9 Å². The highest BCUT2D eigenvalue weighted by atomic mass is 79.9. The van der Waals surface area contributed by atoms with Crippen LogP contribution in [0.4, 0.5) is 0 Å². The number of likely N-dealkylation sites (N-methyl/N-ethyl adjacent to an activating group) is 2. The number of benzene rings is 1. The number of rotatable bonds is 4. The summed E-state index contributed by atoms with van der Waals surface area (Å²) in [6.07, 6.45) is 1.35. The lowest BCUT2D eigenvalue weighted by Crippen LogP contribution is -2.47.